The number of rotatable bonds is 6. The van der Waals surface area contributed by atoms with Crippen molar-refractivity contribution in [3.63, 3.8) is 0 Å². The number of anilines is 1. The molecule has 0 N–H and O–H groups in total. The Morgan fingerprint density at radius 1 is 1.09 bits per heavy atom. The van der Waals surface area contributed by atoms with E-state index in [1.807, 2.05) is 6.07 Å². The second kappa shape index (κ2) is 7.96. The fourth-order valence-electron chi connectivity index (χ4n) is 3.55. The third-order valence-electron chi connectivity index (χ3n) is 4.90. The third-order valence-corrected chi connectivity index (χ3v) is 4.90. The molecule has 0 aromatic heterocycles. The van der Waals surface area contributed by atoms with Gasteiger partial charge in [-0.3, -0.25) is 4.90 Å². The minimum Gasteiger partial charge on any atom is -0.367 e. The van der Waals surface area contributed by atoms with Crippen molar-refractivity contribution in [3.8, 4) is 0 Å². The van der Waals surface area contributed by atoms with Crippen molar-refractivity contribution < 1.29 is 4.39 Å². The zero-order valence-electron chi connectivity index (χ0n) is 14.6. The molecule has 1 aromatic rings. The Morgan fingerprint density at radius 2 is 1.77 bits per heavy atom. The van der Waals surface area contributed by atoms with Gasteiger partial charge in [0.15, 0.2) is 0 Å². The molecule has 0 saturated carbocycles. The monoisotopic (exact) mass is 306 g/mol. The lowest BCUT2D eigenvalue weighted by Gasteiger charge is -2.42. The quantitative estimate of drug-likeness (QED) is 0.771. The summed E-state index contributed by atoms with van der Waals surface area (Å²) in [5.74, 6) is 0.619. The van der Waals surface area contributed by atoms with Gasteiger partial charge in [-0.2, -0.15) is 0 Å². The summed E-state index contributed by atoms with van der Waals surface area (Å²) in [5.41, 5.74) is 1.84. The van der Waals surface area contributed by atoms with Crippen LogP contribution in [0.4, 0.5) is 10.1 Å². The number of benzene rings is 1. The van der Waals surface area contributed by atoms with E-state index in [1.54, 1.807) is 6.07 Å². The van der Waals surface area contributed by atoms with Gasteiger partial charge < -0.3 is 4.90 Å². The first-order valence-electron chi connectivity index (χ1n) is 8.84. The number of hydrogen-bond donors (Lipinski definition) is 0. The summed E-state index contributed by atoms with van der Waals surface area (Å²) in [4.78, 5) is 4.80. The van der Waals surface area contributed by atoms with Gasteiger partial charge in [-0.25, -0.2) is 4.39 Å². The normalized spacial score (nSPS) is 18.0. The topological polar surface area (TPSA) is 6.48 Å². The molecule has 0 bridgehead atoms. The molecular formula is C19H31FN2. The molecule has 2 rings (SSSR count). The molecule has 1 heterocycles. The number of aryl methyl sites for hydroxylation is 1. The van der Waals surface area contributed by atoms with Crippen molar-refractivity contribution in [1.29, 1.82) is 0 Å². The Morgan fingerprint density at radius 3 is 2.27 bits per heavy atom. The third kappa shape index (κ3) is 4.01. The largest absolute Gasteiger partial charge is 0.367 e. The predicted molar refractivity (Wildman–Crippen MR) is 93.1 cm³/mol. The molecule has 0 aliphatic carbocycles. The van der Waals surface area contributed by atoms with Gasteiger partial charge in [0.2, 0.25) is 0 Å². The molecule has 124 valence electrons. The van der Waals surface area contributed by atoms with Crippen LogP contribution in [0.5, 0.6) is 0 Å². The molecule has 3 heteroatoms. The second-order valence-electron chi connectivity index (χ2n) is 6.76. The van der Waals surface area contributed by atoms with Crippen molar-refractivity contribution >= 4 is 5.69 Å². The van der Waals surface area contributed by atoms with Crippen LogP contribution in [0.15, 0.2) is 18.2 Å². The molecule has 22 heavy (non-hydrogen) atoms. The van der Waals surface area contributed by atoms with Gasteiger partial charge in [0.25, 0.3) is 0 Å². The first-order valence-corrected chi connectivity index (χ1v) is 8.84. The maximum atomic E-state index is 14.3. The van der Waals surface area contributed by atoms with E-state index in [9.17, 15) is 4.39 Å². The summed E-state index contributed by atoms with van der Waals surface area (Å²) in [6.07, 6.45) is 3.38. The number of nitrogens with zero attached hydrogens (tertiary/aromatic N) is 2. The van der Waals surface area contributed by atoms with Crippen LogP contribution in [0.2, 0.25) is 0 Å². The van der Waals surface area contributed by atoms with Crippen molar-refractivity contribution in [1.82, 2.24) is 4.90 Å². The number of piperazine rings is 1. The van der Waals surface area contributed by atoms with E-state index in [1.165, 1.54) is 12.8 Å². The maximum Gasteiger partial charge on any atom is 0.146 e. The van der Waals surface area contributed by atoms with E-state index in [0.717, 1.165) is 43.9 Å². The molecule has 1 unspecified atom stereocenters. The van der Waals surface area contributed by atoms with Gasteiger partial charge in [-0.1, -0.05) is 40.2 Å². The van der Waals surface area contributed by atoms with E-state index in [0.29, 0.717) is 12.0 Å². The van der Waals surface area contributed by atoms with Crippen molar-refractivity contribution in [3.05, 3.63) is 29.6 Å². The highest BCUT2D eigenvalue weighted by Crippen LogP contribution is 2.24. The fraction of sp³-hybridized carbons (Fsp3) is 0.684. The van der Waals surface area contributed by atoms with Crippen LogP contribution in [0.25, 0.3) is 0 Å². The zero-order chi connectivity index (χ0) is 16.1. The lowest BCUT2D eigenvalue weighted by atomic mass is 9.97. The van der Waals surface area contributed by atoms with Gasteiger partial charge in [-0.15, -0.1) is 0 Å². The van der Waals surface area contributed by atoms with Crippen LogP contribution in [0, 0.1) is 11.7 Å². The predicted octanol–water partition coefficient (Wildman–Crippen LogP) is 4.33. The van der Waals surface area contributed by atoms with Gasteiger partial charge in [0.1, 0.15) is 5.82 Å². The first-order chi connectivity index (χ1) is 10.6. The first kappa shape index (κ1) is 17.3. The highest BCUT2D eigenvalue weighted by molar-refractivity contribution is 5.49. The molecule has 1 saturated heterocycles. The van der Waals surface area contributed by atoms with Crippen LogP contribution in [0.3, 0.4) is 0 Å². The van der Waals surface area contributed by atoms with Gasteiger partial charge in [0.05, 0.1) is 5.69 Å². The Kier molecular flexibility index (Phi) is 6.25. The zero-order valence-corrected chi connectivity index (χ0v) is 14.6. The molecule has 1 aliphatic rings. The summed E-state index contributed by atoms with van der Waals surface area (Å²) in [6, 6.07) is 6.36. The summed E-state index contributed by atoms with van der Waals surface area (Å²) < 4.78 is 14.3. The van der Waals surface area contributed by atoms with Gasteiger partial charge >= 0.3 is 0 Å². The smallest absolute Gasteiger partial charge is 0.146 e. The summed E-state index contributed by atoms with van der Waals surface area (Å²) in [6.45, 7) is 12.9. The lowest BCUT2D eigenvalue weighted by Crippen LogP contribution is -2.52. The van der Waals surface area contributed by atoms with E-state index >= 15 is 0 Å². The SMILES string of the molecule is CCCC(C(C)C)N1CCN(c2ccc(CC)cc2F)CC1. The molecule has 1 aliphatic heterocycles. The molecule has 1 fully saturated rings. The van der Waals surface area contributed by atoms with Crippen molar-refractivity contribution in [2.75, 3.05) is 31.1 Å². The molecule has 0 spiro atoms. The van der Waals surface area contributed by atoms with E-state index in [-0.39, 0.29) is 5.82 Å². The van der Waals surface area contributed by atoms with Crippen molar-refractivity contribution in [2.24, 2.45) is 5.92 Å². The second-order valence-corrected chi connectivity index (χ2v) is 6.76. The molecule has 0 radical (unpaired) electrons. The Bertz CT molecular complexity index is 465. The van der Waals surface area contributed by atoms with Gasteiger partial charge in [-0.05, 0) is 36.5 Å². The Balaban J connectivity index is 1.99. The number of halogens is 1. The molecule has 2 nitrogen and oxygen atoms in total. The Hall–Kier alpha value is -1.09. The average Bonchev–Trinajstić information content (AvgIpc) is 2.52. The van der Waals surface area contributed by atoms with Crippen LogP contribution >= 0.6 is 0 Å². The summed E-state index contributed by atoms with van der Waals surface area (Å²) in [7, 11) is 0. The van der Waals surface area contributed by atoms with Crippen LogP contribution in [0.1, 0.15) is 46.1 Å². The summed E-state index contributed by atoms with van der Waals surface area (Å²) >= 11 is 0. The number of hydrogen-bond acceptors (Lipinski definition) is 2. The molecule has 1 atom stereocenters. The minimum atomic E-state index is -0.0678. The van der Waals surface area contributed by atoms with E-state index < -0.39 is 0 Å². The molecule has 0 amide bonds. The highest BCUT2D eigenvalue weighted by Gasteiger charge is 2.26. The van der Waals surface area contributed by atoms with E-state index in [2.05, 4.69) is 43.6 Å². The van der Waals surface area contributed by atoms with Crippen LogP contribution in [-0.4, -0.2) is 37.1 Å². The average molecular weight is 306 g/mol. The van der Waals surface area contributed by atoms with Crippen LogP contribution in [-0.2, 0) is 6.42 Å². The van der Waals surface area contributed by atoms with E-state index in [4.69, 9.17) is 0 Å². The standard InChI is InChI=1S/C19H31FN2/c1-5-7-18(15(3)4)21-10-12-22(13-11-21)19-9-8-16(6-2)14-17(19)20/h8-9,14-15,18H,5-7,10-13H2,1-4H3. The molecule has 1 aromatic carbocycles. The molecular weight excluding hydrogens is 275 g/mol. The lowest BCUT2D eigenvalue weighted by molar-refractivity contribution is 0.136. The summed E-state index contributed by atoms with van der Waals surface area (Å²) in [5, 5.41) is 0. The van der Waals surface area contributed by atoms with Gasteiger partial charge in [0, 0.05) is 32.2 Å². The highest BCUT2D eigenvalue weighted by atomic mass is 19.1. The maximum absolute atomic E-state index is 14.3. The Labute approximate surface area is 135 Å². The van der Waals surface area contributed by atoms with Crippen LogP contribution < -0.4 is 4.90 Å². The fourth-order valence-corrected chi connectivity index (χ4v) is 3.55. The van der Waals surface area contributed by atoms with Crippen molar-refractivity contribution in [2.45, 2.75) is 53.0 Å². The minimum absolute atomic E-state index is 0.0678.